The number of nitrogens with one attached hydrogen (secondary N) is 2. The highest BCUT2D eigenvalue weighted by Crippen LogP contribution is 2.34. The van der Waals surface area contributed by atoms with Crippen molar-refractivity contribution in [1.29, 1.82) is 0 Å². The van der Waals surface area contributed by atoms with Crippen molar-refractivity contribution >= 4 is 27.5 Å². The maximum Gasteiger partial charge on any atom is 0.257 e. The minimum Gasteiger partial charge on any atom is -0.364 e. The van der Waals surface area contributed by atoms with Crippen molar-refractivity contribution in [3.05, 3.63) is 89.0 Å². The summed E-state index contributed by atoms with van der Waals surface area (Å²) in [7, 11) is -3.43. The van der Waals surface area contributed by atoms with Gasteiger partial charge in [-0.05, 0) is 89.5 Å². The molecule has 3 aliphatic rings. The first-order valence-electron chi connectivity index (χ1n) is 17.9. The van der Waals surface area contributed by atoms with E-state index in [-0.39, 0.29) is 22.6 Å². The van der Waals surface area contributed by atoms with E-state index in [1.54, 1.807) is 6.92 Å². The first-order valence-corrected chi connectivity index (χ1v) is 19.5. The molecule has 2 aromatic carbocycles. The molecule has 3 aromatic rings. The van der Waals surface area contributed by atoms with Crippen LogP contribution in [-0.4, -0.2) is 89.1 Å². The summed E-state index contributed by atoms with van der Waals surface area (Å²) in [5.41, 5.74) is 5.51. The molecule has 2 amide bonds. The Balaban J connectivity index is 1.06. The van der Waals surface area contributed by atoms with Gasteiger partial charge in [-0.25, -0.2) is 23.1 Å². The summed E-state index contributed by atoms with van der Waals surface area (Å²) in [6.07, 6.45) is 6.78. The second kappa shape index (κ2) is 15.2. The van der Waals surface area contributed by atoms with Crippen LogP contribution >= 0.6 is 0 Å². The van der Waals surface area contributed by atoms with E-state index >= 15 is 0 Å². The fourth-order valence-corrected chi connectivity index (χ4v) is 8.97. The zero-order chi connectivity index (χ0) is 35.5. The monoisotopic (exact) mass is 701 g/mol. The zero-order valence-electron chi connectivity index (χ0n) is 29.8. The molecule has 1 atom stereocenters. The molecular formula is C38H51N7O4S. The zero-order valence-corrected chi connectivity index (χ0v) is 30.6. The van der Waals surface area contributed by atoms with Crippen molar-refractivity contribution in [2.75, 3.05) is 31.1 Å². The van der Waals surface area contributed by atoms with Gasteiger partial charge in [0.1, 0.15) is 6.33 Å². The predicted molar refractivity (Wildman–Crippen MR) is 195 cm³/mol. The van der Waals surface area contributed by atoms with Crippen molar-refractivity contribution in [3.63, 3.8) is 0 Å². The lowest BCUT2D eigenvalue weighted by atomic mass is 9.85. The molecule has 268 valence electrons. The summed E-state index contributed by atoms with van der Waals surface area (Å²) >= 11 is 0. The van der Waals surface area contributed by atoms with Crippen molar-refractivity contribution in [3.8, 4) is 0 Å². The Labute approximate surface area is 296 Å². The number of anilines is 1. The lowest BCUT2D eigenvalue weighted by Crippen LogP contribution is -2.58. The van der Waals surface area contributed by atoms with E-state index in [9.17, 15) is 18.0 Å². The number of likely N-dealkylation sites (tertiary alicyclic amines) is 2. The van der Waals surface area contributed by atoms with Gasteiger partial charge in [-0.15, -0.1) is 0 Å². The number of aryl methyl sites for hydroxylation is 2. The van der Waals surface area contributed by atoms with Crippen LogP contribution < -0.4 is 14.9 Å². The molecule has 1 saturated carbocycles. The fourth-order valence-electron chi connectivity index (χ4n) is 7.42. The highest BCUT2D eigenvalue weighted by atomic mass is 32.2. The minimum absolute atomic E-state index is 0.0391. The molecule has 1 unspecified atom stereocenters. The van der Waals surface area contributed by atoms with Crippen LogP contribution in [0.3, 0.4) is 0 Å². The number of carbonyl (C=O) groups excluding carboxylic acids is 2. The number of hydrogen-bond acceptors (Lipinski definition) is 8. The second-order valence-corrected chi connectivity index (χ2v) is 16.5. The standard InChI is InChI=1S/C38H51N7O4S/c1-27-35(28(2)41-26-40-27)37(47)43-22-18-38(4,19-23-43)44-20-16-33(17-21-44)45(25-31-8-6-5-7-9-31)32-12-10-30(11-13-32)24-39-36(46)29(3)42-50(48,49)34-14-15-34/h5-13,26,29,33-34,42H,14-25H2,1-4H3,(H,39,46). The van der Waals surface area contributed by atoms with Crippen LogP contribution in [0.25, 0.3) is 0 Å². The highest BCUT2D eigenvalue weighted by molar-refractivity contribution is 7.90. The smallest absolute Gasteiger partial charge is 0.257 e. The normalized spacial score (nSPS) is 19.2. The van der Waals surface area contributed by atoms with Gasteiger partial charge in [0.25, 0.3) is 5.91 Å². The number of benzene rings is 2. The van der Waals surface area contributed by atoms with Gasteiger partial charge in [0.15, 0.2) is 0 Å². The Morgan fingerprint density at radius 1 is 0.900 bits per heavy atom. The number of carbonyl (C=O) groups is 2. The van der Waals surface area contributed by atoms with Crippen molar-refractivity contribution in [2.24, 2.45) is 0 Å². The topological polar surface area (TPSA) is 128 Å². The molecule has 11 nitrogen and oxygen atoms in total. The number of hydrogen-bond donors (Lipinski definition) is 2. The third kappa shape index (κ3) is 8.35. The van der Waals surface area contributed by atoms with Crippen LogP contribution in [0.5, 0.6) is 0 Å². The molecule has 0 spiro atoms. The maximum atomic E-state index is 13.4. The quantitative estimate of drug-likeness (QED) is 0.286. The average Bonchev–Trinajstić information content (AvgIpc) is 3.98. The number of amides is 2. The number of piperidine rings is 2. The van der Waals surface area contributed by atoms with Crippen LogP contribution in [0.4, 0.5) is 5.69 Å². The summed E-state index contributed by atoms with van der Waals surface area (Å²) in [4.78, 5) is 41.7. The molecule has 3 heterocycles. The van der Waals surface area contributed by atoms with Gasteiger partial charge in [0, 0.05) is 56.5 Å². The van der Waals surface area contributed by atoms with Gasteiger partial charge in [-0.3, -0.25) is 14.5 Å². The summed E-state index contributed by atoms with van der Waals surface area (Å²) in [6, 6.07) is 18.5. The van der Waals surface area contributed by atoms with Gasteiger partial charge in [-0.1, -0.05) is 42.5 Å². The largest absolute Gasteiger partial charge is 0.364 e. The van der Waals surface area contributed by atoms with E-state index < -0.39 is 16.1 Å². The van der Waals surface area contributed by atoms with E-state index in [1.807, 2.05) is 36.9 Å². The molecule has 6 rings (SSSR count). The average molecular weight is 702 g/mol. The molecule has 1 aliphatic carbocycles. The Morgan fingerprint density at radius 3 is 2.12 bits per heavy atom. The molecular weight excluding hydrogens is 651 g/mol. The fraction of sp³-hybridized carbons (Fsp3) is 0.526. The van der Waals surface area contributed by atoms with Crippen LogP contribution in [0, 0.1) is 13.8 Å². The first-order chi connectivity index (χ1) is 23.9. The Kier molecular flexibility index (Phi) is 10.9. The Hall–Kier alpha value is -3.87. The van der Waals surface area contributed by atoms with E-state index in [0.29, 0.717) is 31.0 Å². The van der Waals surface area contributed by atoms with E-state index in [2.05, 4.69) is 73.1 Å². The van der Waals surface area contributed by atoms with Crippen LogP contribution in [0.2, 0.25) is 0 Å². The molecule has 0 bridgehead atoms. The molecule has 2 aliphatic heterocycles. The van der Waals surface area contributed by atoms with E-state index in [4.69, 9.17) is 0 Å². The number of aromatic nitrogens is 2. The maximum absolute atomic E-state index is 13.4. The summed E-state index contributed by atoms with van der Waals surface area (Å²) < 4.78 is 27.0. The van der Waals surface area contributed by atoms with Gasteiger partial charge < -0.3 is 15.1 Å². The van der Waals surface area contributed by atoms with Gasteiger partial charge in [-0.2, -0.15) is 0 Å². The van der Waals surface area contributed by atoms with Crippen LogP contribution in [0.15, 0.2) is 60.9 Å². The summed E-state index contributed by atoms with van der Waals surface area (Å²) in [5, 5.41) is 2.52. The molecule has 2 N–H and O–H groups in total. The lowest BCUT2D eigenvalue weighted by Gasteiger charge is -2.50. The first kappa shape index (κ1) is 35.9. The van der Waals surface area contributed by atoms with Crippen molar-refractivity contribution < 1.29 is 18.0 Å². The third-order valence-electron chi connectivity index (χ3n) is 10.9. The Bertz CT molecular complexity index is 1730. The van der Waals surface area contributed by atoms with Crippen LogP contribution in [0.1, 0.15) is 85.2 Å². The molecule has 50 heavy (non-hydrogen) atoms. The summed E-state index contributed by atoms with van der Waals surface area (Å²) in [5.74, 6) is -0.296. The molecule has 12 heteroatoms. The molecule has 1 aromatic heterocycles. The SMILES string of the molecule is Cc1ncnc(C)c1C(=O)N1CCC(C)(N2CCC(N(Cc3ccccc3)c3ccc(CNC(=O)C(C)NS(=O)(=O)C4CC4)cc3)CC2)CC1. The number of sulfonamides is 1. The van der Waals surface area contributed by atoms with Gasteiger partial charge in [0.05, 0.1) is 28.2 Å². The highest BCUT2D eigenvalue weighted by Gasteiger charge is 2.40. The van der Waals surface area contributed by atoms with E-state index in [1.165, 1.54) is 11.9 Å². The predicted octanol–water partition coefficient (Wildman–Crippen LogP) is 4.35. The number of rotatable bonds is 12. The molecule has 0 radical (unpaired) electrons. The van der Waals surface area contributed by atoms with Crippen molar-refractivity contribution in [1.82, 2.24) is 29.8 Å². The molecule has 2 saturated heterocycles. The number of nitrogens with zero attached hydrogens (tertiary/aromatic N) is 5. The third-order valence-corrected chi connectivity index (χ3v) is 12.9. The summed E-state index contributed by atoms with van der Waals surface area (Å²) in [6.45, 7) is 12.3. The second-order valence-electron chi connectivity index (χ2n) is 14.5. The van der Waals surface area contributed by atoms with E-state index in [0.717, 1.165) is 81.0 Å². The minimum atomic E-state index is -3.43. The Morgan fingerprint density at radius 2 is 1.52 bits per heavy atom. The van der Waals surface area contributed by atoms with Crippen LogP contribution in [-0.2, 0) is 27.9 Å². The molecule has 3 fully saturated rings. The lowest BCUT2D eigenvalue weighted by molar-refractivity contribution is -0.122. The van der Waals surface area contributed by atoms with Gasteiger partial charge in [0.2, 0.25) is 15.9 Å². The van der Waals surface area contributed by atoms with Gasteiger partial charge >= 0.3 is 0 Å². The van der Waals surface area contributed by atoms with Crippen molar-refractivity contribution in [2.45, 2.75) is 102 Å².